The summed E-state index contributed by atoms with van der Waals surface area (Å²) in [5.74, 6) is 0.777. The van der Waals surface area contributed by atoms with Crippen molar-refractivity contribution >= 4 is 64.9 Å². The van der Waals surface area contributed by atoms with Crippen molar-refractivity contribution in [2.24, 2.45) is 12.0 Å². The van der Waals surface area contributed by atoms with Gasteiger partial charge in [-0.2, -0.15) is 16.9 Å². The first-order valence-electron chi connectivity index (χ1n) is 9.04. The largest absolute Gasteiger partial charge is 0.355 e. The number of hydrogen-bond donors (Lipinski definition) is 1. The number of guanidine groups is 1. The minimum Gasteiger partial charge on any atom is -0.355 e. The Kier molecular flexibility index (Phi) is 9.09. The number of halogens is 2. The first-order chi connectivity index (χ1) is 13.5. The number of piperazine rings is 1. The maximum absolute atomic E-state index is 12.6. The van der Waals surface area contributed by atoms with Crippen molar-refractivity contribution in [2.45, 2.75) is 5.25 Å². The highest BCUT2D eigenvalue weighted by Crippen LogP contribution is 2.27. The summed E-state index contributed by atoms with van der Waals surface area (Å²) in [5.41, 5.74) is 2.00. The van der Waals surface area contributed by atoms with E-state index in [0.717, 1.165) is 16.7 Å². The van der Waals surface area contributed by atoms with E-state index in [2.05, 4.69) is 27.7 Å². The van der Waals surface area contributed by atoms with Crippen LogP contribution in [0.15, 0.2) is 41.7 Å². The second-order valence-electron chi connectivity index (χ2n) is 6.55. The Morgan fingerprint density at radius 1 is 1.41 bits per heavy atom. The molecule has 1 fully saturated rings. The van der Waals surface area contributed by atoms with E-state index in [-0.39, 0.29) is 41.7 Å². The monoisotopic (exact) mass is 548 g/mol. The number of carbonyl (C=O) groups is 1. The van der Waals surface area contributed by atoms with E-state index in [4.69, 9.17) is 11.6 Å². The fraction of sp³-hybridized carbons (Fsp3) is 0.421. The number of carbonyl (C=O) groups excluding carboxylic acids is 1. The van der Waals surface area contributed by atoms with Crippen LogP contribution in [-0.2, 0) is 11.8 Å². The quantitative estimate of drug-likeness (QED) is 0.354. The van der Waals surface area contributed by atoms with Gasteiger partial charge in [0.1, 0.15) is 6.54 Å². The first kappa shape index (κ1) is 23.8. The van der Waals surface area contributed by atoms with Gasteiger partial charge in [0, 0.05) is 50.2 Å². The number of hydrogen-bond acceptors (Lipinski definition) is 4. The molecule has 1 unspecified atom stereocenters. The summed E-state index contributed by atoms with van der Waals surface area (Å²) in [6.45, 7) is 2.30. The van der Waals surface area contributed by atoms with Crippen molar-refractivity contribution in [1.82, 2.24) is 20.0 Å². The molecule has 7 nitrogen and oxygen atoms in total. The van der Waals surface area contributed by atoms with Crippen LogP contribution in [0.1, 0.15) is 10.8 Å². The molecule has 0 saturated carbocycles. The Balaban J connectivity index is 0.00000300. The first-order valence-corrected chi connectivity index (χ1v) is 10.7. The van der Waals surface area contributed by atoms with Gasteiger partial charge in [0.2, 0.25) is 5.91 Å². The highest BCUT2D eigenvalue weighted by atomic mass is 127. The Morgan fingerprint density at radius 3 is 2.79 bits per heavy atom. The molecule has 1 amide bonds. The topological polar surface area (TPSA) is 65.8 Å². The van der Waals surface area contributed by atoms with Gasteiger partial charge >= 0.3 is 0 Å². The molecular weight excluding hydrogens is 523 g/mol. The standard InChI is InChI=1S/C19H25ClN6OS.HI/c1-21-19(22-11-17(28-3)14-5-4-6-15(20)9-14)25-7-8-26(18(27)13-25)16-10-23-24(2)12-16;/h4-6,9-10,12,17H,7-8,11,13H2,1-3H3,(H,21,22);1H. The number of rotatable bonds is 5. The highest BCUT2D eigenvalue weighted by molar-refractivity contribution is 14.0. The van der Waals surface area contributed by atoms with Gasteiger partial charge in [0.05, 0.1) is 11.9 Å². The van der Waals surface area contributed by atoms with Gasteiger partial charge in [0.15, 0.2) is 5.96 Å². The third kappa shape index (κ3) is 6.02. The van der Waals surface area contributed by atoms with Crippen LogP contribution in [0, 0.1) is 0 Å². The molecule has 2 heterocycles. The maximum atomic E-state index is 12.6. The second-order valence-corrected chi connectivity index (χ2v) is 8.02. The lowest BCUT2D eigenvalue weighted by Crippen LogP contribution is -2.55. The predicted molar refractivity (Wildman–Crippen MR) is 132 cm³/mol. The molecule has 1 aromatic heterocycles. The van der Waals surface area contributed by atoms with E-state index >= 15 is 0 Å². The van der Waals surface area contributed by atoms with Crippen LogP contribution in [0.3, 0.4) is 0 Å². The summed E-state index contributed by atoms with van der Waals surface area (Å²) < 4.78 is 1.70. The van der Waals surface area contributed by atoms with Gasteiger partial charge in [-0.3, -0.25) is 14.5 Å². The molecule has 1 N–H and O–H groups in total. The molecule has 0 spiro atoms. The normalized spacial score (nSPS) is 15.9. The lowest BCUT2D eigenvalue weighted by atomic mass is 10.1. The molecule has 158 valence electrons. The van der Waals surface area contributed by atoms with Crippen molar-refractivity contribution in [2.75, 3.05) is 44.4 Å². The number of aryl methyl sites for hydroxylation is 1. The number of anilines is 1. The number of benzene rings is 1. The van der Waals surface area contributed by atoms with Gasteiger partial charge in [-0.15, -0.1) is 24.0 Å². The lowest BCUT2D eigenvalue weighted by Gasteiger charge is -2.35. The summed E-state index contributed by atoms with van der Waals surface area (Å²) in [7, 11) is 3.59. The van der Waals surface area contributed by atoms with E-state index in [1.807, 2.05) is 36.3 Å². The molecule has 1 aromatic carbocycles. The van der Waals surface area contributed by atoms with Gasteiger partial charge in [-0.05, 0) is 24.0 Å². The molecule has 1 saturated heterocycles. The molecule has 1 atom stereocenters. The number of nitrogens with zero attached hydrogens (tertiary/aromatic N) is 5. The minimum atomic E-state index is 0. The molecule has 1 aliphatic heterocycles. The SMILES string of the molecule is CN=C(NCC(SC)c1cccc(Cl)c1)N1CCN(c2cnn(C)c2)C(=O)C1.I. The summed E-state index contributed by atoms with van der Waals surface area (Å²) in [5, 5.41) is 8.54. The summed E-state index contributed by atoms with van der Waals surface area (Å²) in [4.78, 5) is 20.8. The lowest BCUT2D eigenvalue weighted by molar-refractivity contribution is -0.120. The van der Waals surface area contributed by atoms with E-state index in [0.29, 0.717) is 19.6 Å². The van der Waals surface area contributed by atoms with Crippen LogP contribution in [0.2, 0.25) is 5.02 Å². The summed E-state index contributed by atoms with van der Waals surface area (Å²) in [6.07, 6.45) is 5.65. The second kappa shape index (κ2) is 11.1. The van der Waals surface area contributed by atoms with Gasteiger partial charge < -0.3 is 15.1 Å². The summed E-state index contributed by atoms with van der Waals surface area (Å²) >= 11 is 7.88. The maximum Gasteiger partial charge on any atom is 0.246 e. The molecular formula is C19H26ClIN6OS. The zero-order valence-electron chi connectivity index (χ0n) is 16.7. The van der Waals surface area contributed by atoms with Crippen LogP contribution in [0.4, 0.5) is 5.69 Å². The van der Waals surface area contributed by atoms with Crippen molar-refractivity contribution in [1.29, 1.82) is 0 Å². The zero-order valence-corrected chi connectivity index (χ0v) is 20.6. The zero-order chi connectivity index (χ0) is 20.1. The van der Waals surface area contributed by atoms with E-state index < -0.39 is 0 Å². The number of aliphatic imine (C=N–C) groups is 1. The average molecular weight is 549 g/mol. The predicted octanol–water partition coefficient (Wildman–Crippen LogP) is 3.02. The van der Waals surface area contributed by atoms with E-state index in [1.165, 1.54) is 5.56 Å². The van der Waals surface area contributed by atoms with Crippen molar-refractivity contribution in [3.8, 4) is 0 Å². The number of amides is 1. The molecule has 0 bridgehead atoms. The van der Waals surface area contributed by atoms with Crippen molar-refractivity contribution in [3.63, 3.8) is 0 Å². The van der Waals surface area contributed by atoms with E-state index in [9.17, 15) is 4.79 Å². The van der Waals surface area contributed by atoms with Crippen molar-refractivity contribution in [3.05, 3.63) is 47.2 Å². The van der Waals surface area contributed by atoms with Gasteiger partial charge in [-0.25, -0.2) is 0 Å². The fourth-order valence-corrected chi connectivity index (χ4v) is 4.10. The Labute approximate surface area is 197 Å². The Hall–Kier alpha value is -1.46. The van der Waals surface area contributed by atoms with Crippen LogP contribution in [0.25, 0.3) is 0 Å². The third-order valence-electron chi connectivity index (χ3n) is 4.69. The molecule has 0 aliphatic carbocycles. The van der Waals surface area contributed by atoms with Gasteiger partial charge in [0.25, 0.3) is 0 Å². The van der Waals surface area contributed by atoms with Crippen LogP contribution >= 0.6 is 47.3 Å². The number of nitrogens with one attached hydrogen (secondary N) is 1. The third-order valence-corrected chi connectivity index (χ3v) is 5.93. The van der Waals surface area contributed by atoms with Crippen LogP contribution < -0.4 is 10.2 Å². The Bertz CT molecular complexity index is 861. The average Bonchev–Trinajstić information content (AvgIpc) is 3.11. The van der Waals surface area contributed by atoms with Crippen molar-refractivity contribution < 1.29 is 4.79 Å². The van der Waals surface area contributed by atoms with Crippen LogP contribution in [-0.4, -0.2) is 66.0 Å². The molecule has 3 rings (SSSR count). The molecule has 29 heavy (non-hydrogen) atoms. The van der Waals surface area contributed by atoms with Gasteiger partial charge in [-0.1, -0.05) is 23.7 Å². The Morgan fingerprint density at radius 2 is 2.21 bits per heavy atom. The molecule has 10 heteroatoms. The number of thioether (sulfide) groups is 1. The smallest absolute Gasteiger partial charge is 0.246 e. The molecule has 0 radical (unpaired) electrons. The van der Waals surface area contributed by atoms with Crippen LogP contribution in [0.5, 0.6) is 0 Å². The number of aromatic nitrogens is 2. The minimum absolute atomic E-state index is 0. The van der Waals surface area contributed by atoms with E-state index in [1.54, 1.807) is 34.6 Å². The summed E-state index contributed by atoms with van der Waals surface area (Å²) in [6, 6.07) is 7.91. The molecule has 1 aliphatic rings. The highest BCUT2D eigenvalue weighted by Gasteiger charge is 2.28. The fourth-order valence-electron chi connectivity index (χ4n) is 3.24. The molecule has 2 aromatic rings.